The van der Waals surface area contributed by atoms with E-state index in [0.717, 1.165) is 24.2 Å². The molecule has 1 amide bonds. The Balaban J connectivity index is 1.99. The van der Waals surface area contributed by atoms with Crippen molar-refractivity contribution in [3.05, 3.63) is 18.2 Å². The molecule has 1 saturated carbocycles. The van der Waals surface area contributed by atoms with E-state index >= 15 is 0 Å². The fraction of sp³-hybridized carbons (Fsp3) is 0.462. The van der Waals surface area contributed by atoms with Crippen molar-refractivity contribution in [1.29, 1.82) is 0 Å². The summed E-state index contributed by atoms with van der Waals surface area (Å²) in [5.41, 5.74) is 1.77. The second-order valence-electron chi connectivity index (χ2n) is 4.82. The largest absolute Gasteiger partial charge is 0.508 e. The van der Waals surface area contributed by atoms with Crippen molar-refractivity contribution in [2.24, 2.45) is 0 Å². The third-order valence-corrected chi connectivity index (χ3v) is 3.64. The number of anilines is 2. The molecule has 0 spiro atoms. The van der Waals surface area contributed by atoms with Crippen molar-refractivity contribution in [2.45, 2.75) is 31.7 Å². The number of fused-ring (bicyclic) bond motifs is 1. The van der Waals surface area contributed by atoms with Crippen LogP contribution in [0.3, 0.4) is 0 Å². The van der Waals surface area contributed by atoms with Crippen LogP contribution >= 0.6 is 0 Å². The van der Waals surface area contributed by atoms with Crippen LogP contribution in [0.5, 0.6) is 5.75 Å². The number of rotatable bonds is 1. The molecule has 0 atom stereocenters. The molecule has 1 aromatic carbocycles. The number of aromatic hydroxyl groups is 1. The van der Waals surface area contributed by atoms with Gasteiger partial charge in [-0.2, -0.15) is 0 Å². The van der Waals surface area contributed by atoms with Gasteiger partial charge in [-0.1, -0.05) is 12.8 Å². The monoisotopic (exact) mass is 232 g/mol. The van der Waals surface area contributed by atoms with E-state index in [2.05, 4.69) is 10.2 Å². The summed E-state index contributed by atoms with van der Waals surface area (Å²) in [5, 5.41) is 12.4. The van der Waals surface area contributed by atoms with Crippen LogP contribution in [0.2, 0.25) is 0 Å². The molecule has 4 nitrogen and oxygen atoms in total. The number of nitrogens with one attached hydrogen (secondary N) is 1. The fourth-order valence-electron chi connectivity index (χ4n) is 2.83. The molecule has 90 valence electrons. The molecule has 2 aliphatic rings. The standard InChI is InChI=1S/C13H16N2O2/c16-10-5-6-11-12(7-10)15(8-13(17)14-11)9-3-1-2-4-9/h5-7,9,16H,1-4,8H2,(H,14,17). The van der Waals surface area contributed by atoms with Crippen LogP contribution in [0, 0.1) is 0 Å². The molecule has 1 aromatic rings. The predicted octanol–water partition coefficient (Wildman–Crippen LogP) is 2.09. The van der Waals surface area contributed by atoms with Gasteiger partial charge >= 0.3 is 0 Å². The summed E-state index contributed by atoms with van der Waals surface area (Å²) >= 11 is 0. The van der Waals surface area contributed by atoms with E-state index in [9.17, 15) is 9.90 Å². The minimum atomic E-state index is 0.0371. The Hall–Kier alpha value is -1.71. The Labute approximate surface area is 100 Å². The van der Waals surface area contributed by atoms with Gasteiger partial charge in [-0.25, -0.2) is 0 Å². The van der Waals surface area contributed by atoms with Crippen LogP contribution < -0.4 is 10.2 Å². The molecule has 2 N–H and O–H groups in total. The minimum Gasteiger partial charge on any atom is -0.508 e. The van der Waals surface area contributed by atoms with Crippen LogP contribution in [0.1, 0.15) is 25.7 Å². The SMILES string of the molecule is O=C1CN(C2CCCC2)c2cc(O)ccc2N1. The molecule has 0 radical (unpaired) electrons. The van der Waals surface area contributed by atoms with E-state index in [-0.39, 0.29) is 11.7 Å². The van der Waals surface area contributed by atoms with Gasteiger partial charge < -0.3 is 15.3 Å². The highest BCUT2D eigenvalue weighted by atomic mass is 16.3. The van der Waals surface area contributed by atoms with Crippen molar-refractivity contribution < 1.29 is 9.90 Å². The van der Waals surface area contributed by atoms with Gasteiger partial charge in [-0.15, -0.1) is 0 Å². The van der Waals surface area contributed by atoms with E-state index in [1.54, 1.807) is 18.2 Å². The van der Waals surface area contributed by atoms with Gasteiger partial charge in [0.05, 0.1) is 17.9 Å². The van der Waals surface area contributed by atoms with E-state index in [0.29, 0.717) is 12.6 Å². The van der Waals surface area contributed by atoms with Gasteiger partial charge in [0, 0.05) is 12.1 Å². The predicted molar refractivity (Wildman–Crippen MR) is 66.3 cm³/mol. The number of hydrogen-bond acceptors (Lipinski definition) is 3. The molecule has 0 unspecified atom stereocenters. The van der Waals surface area contributed by atoms with Gasteiger partial charge in [0.25, 0.3) is 0 Å². The molecule has 0 bridgehead atoms. The zero-order chi connectivity index (χ0) is 11.8. The van der Waals surface area contributed by atoms with Gasteiger partial charge in [-0.05, 0) is 25.0 Å². The summed E-state index contributed by atoms with van der Waals surface area (Å²) < 4.78 is 0. The lowest BCUT2D eigenvalue weighted by atomic mass is 10.1. The average Bonchev–Trinajstić information content (AvgIpc) is 2.82. The summed E-state index contributed by atoms with van der Waals surface area (Å²) in [7, 11) is 0. The second-order valence-corrected chi connectivity index (χ2v) is 4.82. The number of benzene rings is 1. The van der Waals surface area contributed by atoms with Gasteiger partial charge in [0.2, 0.25) is 5.91 Å². The number of phenolic OH excluding ortho intramolecular Hbond substituents is 1. The fourth-order valence-corrected chi connectivity index (χ4v) is 2.83. The molecular weight excluding hydrogens is 216 g/mol. The van der Waals surface area contributed by atoms with E-state index in [1.807, 2.05) is 0 Å². The van der Waals surface area contributed by atoms with E-state index in [1.165, 1.54) is 12.8 Å². The molecule has 1 aliphatic carbocycles. The summed E-state index contributed by atoms with van der Waals surface area (Å²) in [6.07, 6.45) is 4.75. The smallest absolute Gasteiger partial charge is 0.243 e. The van der Waals surface area contributed by atoms with Crippen LogP contribution in [0.25, 0.3) is 0 Å². The molecule has 1 aliphatic heterocycles. The topological polar surface area (TPSA) is 52.6 Å². The third-order valence-electron chi connectivity index (χ3n) is 3.64. The highest BCUT2D eigenvalue weighted by molar-refractivity contribution is 6.01. The molecule has 17 heavy (non-hydrogen) atoms. The molecular formula is C13H16N2O2. The van der Waals surface area contributed by atoms with Crippen molar-refractivity contribution in [3.63, 3.8) is 0 Å². The van der Waals surface area contributed by atoms with Crippen molar-refractivity contribution in [1.82, 2.24) is 0 Å². The number of carbonyl (C=O) groups is 1. The number of hydrogen-bond donors (Lipinski definition) is 2. The van der Waals surface area contributed by atoms with Gasteiger partial charge in [0.15, 0.2) is 0 Å². The summed E-state index contributed by atoms with van der Waals surface area (Å²) in [6.45, 7) is 0.404. The van der Waals surface area contributed by atoms with Gasteiger partial charge in [0.1, 0.15) is 5.75 Å². The van der Waals surface area contributed by atoms with Crippen molar-refractivity contribution in [3.8, 4) is 5.75 Å². The number of nitrogens with zero attached hydrogens (tertiary/aromatic N) is 1. The van der Waals surface area contributed by atoms with E-state index in [4.69, 9.17) is 0 Å². The summed E-state index contributed by atoms with van der Waals surface area (Å²) in [6, 6.07) is 5.57. The molecule has 0 saturated heterocycles. The molecule has 4 heteroatoms. The Bertz CT molecular complexity index is 453. The number of phenols is 1. The lowest BCUT2D eigenvalue weighted by molar-refractivity contribution is -0.115. The lowest BCUT2D eigenvalue weighted by Crippen LogP contribution is -2.43. The maximum atomic E-state index is 11.7. The van der Waals surface area contributed by atoms with Gasteiger partial charge in [-0.3, -0.25) is 4.79 Å². The molecule has 0 aromatic heterocycles. The minimum absolute atomic E-state index is 0.0371. The Morgan fingerprint density at radius 3 is 2.82 bits per heavy atom. The zero-order valence-electron chi connectivity index (χ0n) is 9.65. The average molecular weight is 232 g/mol. The van der Waals surface area contributed by atoms with Crippen LogP contribution in [0.15, 0.2) is 18.2 Å². The number of carbonyl (C=O) groups excluding carboxylic acids is 1. The second kappa shape index (κ2) is 3.95. The van der Waals surface area contributed by atoms with Crippen molar-refractivity contribution >= 4 is 17.3 Å². The third kappa shape index (κ3) is 1.84. The maximum absolute atomic E-state index is 11.7. The van der Waals surface area contributed by atoms with Crippen LogP contribution in [0.4, 0.5) is 11.4 Å². The molecule has 1 fully saturated rings. The zero-order valence-corrected chi connectivity index (χ0v) is 9.65. The first kappa shape index (κ1) is 10.4. The molecule has 1 heterocycles. The van der Waals surface area contributed by atoms with Crippen molar-refractivity contribution in [2.75, 3.05) is 16.8 Å². The highest BCUT2D eigenvalue weighted by Crippen LogP contribution is 2.37. The molecule has 3 rings (SSSR count). The normalized spacial score (nSPS) is 20.2. The maximum Gasteiger partial charge on any atom is 0.243 e. The first-order valence-electron chi connectivity index (χ1n) is 6.13. The Kier molecular flexibility index (Phi) is 2.42. The number of amides is 1. The lowest BCUT2D eigenvalue weighted by Gasteiger charge is -2.35. The summed E-state index contributed by atoms with van der Waals surface area (Å²) in [5.74, 6) is 0.290. The van der Waals surface area contributed by atoms with Crippen LogP contribution in [-0.4, -0.2) is 23.6 Å². The Morgan fingerprint density at radius 1 is 1.29 bits per heavy atom. The highest BCUT2D eigenvalue weighted by Gasteiger charge is 2.29. The summed E-state index contributed by atoms with van der Waals surface area (Å²) in [4.78, 5) is 13.8. The quantitative estimate of drug-likeness (QED) is 0.729. The van der Waals surface area contributed by atoms with Crippen LogP contribution in [-0.2, 0) is 4.79 Å². The Morgan fingerprint density at radius 2 is 2.06 bits per heavy atom. The first-order valence-corrected chi connectivity index (χ1v) is 6.13. The van der Waals surface area contributed by atoms with E-state index < -0.39 is 0 Å². The first-order chi connectivity index (χ1) is 8.24.